The van der Waals surface area contributed by atoms with Gasteiger partial charge in [0.1, 0.15) is 0 Å². The van der Waals surface area contributed by atoms with Gasteiger partial charge in [-0.2, -0.15) is 0 Å². The highest BCUT2D eigenvalue weighted by molar-refractivity contribution is 5.73. The van der Waals surface area contributed by atoms with Crippen LogP contribution >= 0.6 is 0 Å². The van der Waals surface area contributed by atoms with Crippen molar-refractivity contribution in [3.8, 4) is 0 Å². The van der Waals surface area contributed by atoms with Crippen molar-refractivity contribution in [3.63, 3.8) is 0 Å². The Hall–Kier alpha value is -0.650. The van der Waals surface area contributed by atoms with Crippen LogP contribution in [-0.2, 0) is 19.0 Å². The Kier molecular flexibility index (Phi) is 5.60. The monoisotopic (exact) mass is 217 g/mol. The third kappa shape index (κ3) is 4.59. The van der Waals surface area contributed by atoms with E-state index >= 15 is 0 Å². The van der Waals surface area contributed by atoms with Crippen LogP contribution in [0.5, 0.6) is 0 Å². The number of hydrogen-bond acceptors (Lipinski definition) is 4. The Morgan fingerprint density at radius 3 is 3.00 bits per heavy atom. The van der Waals surface area contributed by atoms with Gasteiger partial charge in [0.25, 0.3) is 0 Å². The minimum absolute atomic E-state index is 0.0356. The van der Waals surface area contributed by atoms with E-state index in [0.29, 0.717) is 39.5 Å². The molecule has 0 aromatic heterocycles. The van der Waals surface area contributed by atoms with Crippen LogP contribution in [0, 0.1) is 0 Å². The SMILES string of the molecule is COCCO[C@H]1COCCN(C(C)=O)C1. The van der Waals surface area contributed by atoms with Gasteiger partial charge in [0.05, 0.1) is 32.5 Å². The second-order valence-corrected chi connectivity index (χ2v) is 3.53. The van der Waals surface area contributed by atoms with Gasteiger partial charge in [-0.1, -0.05) is 0 Å². The number of methoxy groups -OCH3 is 1. The van der Waals surface area contributed by atoms with Gasteiger partial charge in [0, 0.05) is 27.1 Å². The molecule has 1 atom stereocenters. The first-order valence-electron chi connectivity index (χ1n) is 5.18. The zero-order valence-electron chi connectivity index (χ0n) is 9.40. The fourth-order valence-corrected chi connectivity index (χ4v) is 1.46. The van der Waals surface area contributed by atoms with E-state index in [4.69, 9.17) is 14.2 Å². The van der Waals surface area contributed by atoms with Crippen LogP contribution in [0.3, 0.4) is 0 Å². The van der Waals surface area contributed by atoms with Crippen molar-refractivity contribution in [1.29, 1.82) is 0 Å². The molecule has 5 nitrogen and oxygen atoms in total. The molecule has 1 heterocycles. The summed E-state index contributed by atoms with van der Waals surface area (Å²) >= 11 is 0. The highest BCUT2D eigenvalue weighted by atomic mass is 16.5. The molecule has 1 aliphatic heterocycles. The van der Waals surface area contributed by atoms with Gasteiger partial charge in [0.15, 0.2) is 0 Å². The number of carbonyl (C=O) groups excluding carboxylic acids is 1. The van der Waals surface area contributed by atoms with Crippen LogP contribution in [-0.4, -0.2) is 63.5 Å². The van der Waals surface area contributed by atoms with Gasteiger partial charge in [-0.05, 0) is 0 Å². The van der Waals surface area contributed by atoms with Crippen LogP contribution in [0.25, 0.3) is 0 Å². The van der Waals surface area contributed by atoms with Gasteiger partial charge in [-0.25, -0.2) is 0 Å². The van der Waals surface area contributed by atoms with Crippen molar-refractivity contribution in [3.05, 3.63) is 0 Å². The van der Waals surface area contributed by atoms with Crippen molar-refractivity contribution in [2.45, 2.75) is 13.0 Å². The molecule has 0 unspecified atom stereocenters. The third-order valence-electron chi connectivity index (χ3n) is 2.32. The van der Waals surface area contributed by atoms with Gasteiger partial charge in [0.2, 0.25) is 5.91 Å². The van der Waals surface area contributed by atoms with Crippen molar-refractivity contribution in [2.75, 3.05) is 46.6 Å². The molecule has 1 amide bonds. The quantitative estimate of drug-likeness (QED) is 0.617. The lowest BCUT2D eigenvalue weighted by Crippen LogP contribution is -2.37. The molecule has 1 aliphatic rings. The molecule has 0 aromatic rings. The Morgan fingerprint density at radius 1 is 1.53 bits per heavy atom. The van der Waals surface area contributed by atoms with E-state index in [0.717, 1.165) is 0 Å². The smallest absolute Gasteiger partial charge is 0.219 e. The predicted molar refractivity (Wildman–Crippen MR) is 54.7 cm³/mol. The minimum atomic E-state index is -0.0356. The van der Waals surface area contributed by atoms with Crippen molar-refractivity contribution in [2.24, 2.45) is 0 Å². The normalized spacial score (nSPS) is 22.5. The van der Waals surface area contributed by atoms with E-state index in [2.05, 4.69) is 0 Å². The maximum Gasteiger partial charge on any atom is 0.219 e. The fraction of sp³-hybridized carbons (Fsp3) is 0.900. The van der Waals surface area contributed by atoms with E-state index in [9.17, 15) is 4.79 Å². The first-order chi connectivity index (χ1) is 7.24. The summed E-state index contributed by atoms with van der Waals surface area (Å²) in [5.41, 5.74) is 0. The predicted octanol–water partition coefficient (Wildman–Crippen LogP) is -0.103. The lowest BCUT2D eigenvalue weighted by atomic mass is 10.3. The van der Waals surface area contributed by atoms with Gasteiger partial charge in [-0.15, -0.1) is 0 Å². The van der Waals surface area contributed by atoms with Crippen LogP contribution in [0.4, 0.5) is 0 Å². The maximum absolute atomic E-state index is 11.2. The van der Waals surface area contributed by atoms with Crippen molar-refractivity contribution < 1.29 is 19.0 Å². The molecule has 0 N–H and O–H groups in total. The van der Waals surface area contributed by atoms with Crippen molar-refractivity contribution in [1.82, 2.24) is 4.90 Å². The molecule has 0 spiro atoms. The highest BCUT2D eigenvalue weighted by Gasteiger charge is 2.20. The summed E-state index contributed by atoms with van der Waals surface area (Å²) < 4.78 is 15.8. The Morgan fingerprint density at radius 2 is 2.33 bits per heavy atom. The maximum atomic E-state index is 11.2. The van der Waals surface area contributed by atoms with Crippen LogP contribution in [0.2, 0.25) is 0 Å². The second kappa shape index (κ2) is 6.76. The molecule has 0 saturated carbocycles. The van der Waals surface area contributed by atoms with Crippen LogP contribution in [0.1, 0.15) is 6.92 Å². The zero-order chi connectivity index (χ0) is 11.1. The summed E-state index contributed by atoms with van der Waals surface area (Å²) in [5.74, 6) is 0.0702. The summed E-state index contributed by atoms with van der Waals surface area (Å²) in [7, 11) is 1.63. The van der Waals surface area contributed by atoms with Crippen LogP contribution < -0.4 is 0 Å². The Bertz CT molecular complexity index is 198. The molecule has 15 heavy (non-hydrogen) atoms. The topological polar surface area (TPSA) is 48.0 Å². The number of amides is 1. The third-order valence-corrected chi connectivity index (χ3v) is 2.32. The molecule has 1 saturated heterocycles. The molecular formula is C10H19NO4. The molecule has 0 aliphatic carbocycles. The summed E-state index contributed by atoms with van der Waals surface area (Å²) in [5, 5.41) is 0. The molecule has 1 rings (SSSR count). The van der Waals surface area contributed by atoms with Crippen molar-refractivity contribution >= 4 is 5.91 Å². The van der Waals surface area contributed by atoms with Gasteiger partial charge >= 0.3 is 0 Å². The number of rotatable bonds is 4. The number of ether oxygens (including phenoxy) is 3. The first-order valence-corrected chi connectivity index (χ1v) is 5.18. The van der Waals surface area contributed by atoms with E-state index in [1.165, 1.54) is 0 Å². The summed E-state index contributed by atoms with van der Waals surface area (Å²) in [6, 6.07) is 0. The average molecular weight is 217 g/mol. The lowest BCUT2D eigenvalue weighted by Gasteiger charge is -2.22. The number of nitrogens with zero attached hydrogens (tertiary/aromatic N) is 1. The number of hydrogen-bond donors (Lipinski definition) is 0. The Labute approximate surface area is 90.3 Å². The molecule has 88 valence electrons. The number of carbonyl (C=O) groups is 1. The fourth-order valence-electron chi connectivity index (χ4n) is 1.46. The lowest BCUT2D eigenvalue weighted by molar-refractivity contribution is -0.130. The van der Waals surface area contributed by atoms with E-state index in [-0.39, 0.29) is 12.0 Å². The van der Waals surface area contributed by atoms with Gasteiger partial charge in [-0.3, -0.25) is 4.79 Å². The van der Waals surface area contributed by atoms with Crippen LogP contribution in [0.15, 0.2) is 0 Å². The molecular weight excluding hydrogens is 198 g/mol. The largest absolute Gasteiger partial charge is 0.382 e. The summed E-state index contributed by atoms with van der Waals surface area (Å²) in [6.45, 7) is 5.07. The first kappa shape index (κ1) is 12.4. The van der Waals surface area contributed by atoms with E-state index < -0.39 is 0 Å². The summed E-state index contributed by atoms with van der Waals surface area (Å²) in [6.07, 6.45) is -0.0356. The highest BCUT2D eigenvalue weighted by Crippen LogP contribution is 2.04. The Balaban J connectivity index is 2.32. The second-order valence-electron chi connectivity index (χ2n) is 3.53. The van der Waals surface area contributed by atoms with E-state index in [1.54, 1.807) is 18.9 Å². The molecule has 5 heteroatoms. The average Bonchev–Trinajstić information content (AvgIpc) is 2.44. The van der Waals surface area contributed by atoms with Gasteiger partial charge < -0.3 is 19.1 Å². The molecule has 0 radical (unpaired) electrons. The standard InChI is InChI=1S/C10H19NO4/c1-9(12)11-3-4-14-8-10(7-11)15-6-5-13-2/h10H,3-8H2,1-2H3/t10-/m1/s1. The van der Waals surface area contributed by atoms with E-state index in [1.807, 2.05) is 0 Å². The zero-order valence-corrected chi connectivity index (χ0v) is 9.40. The molecule has 0 aromatic carbocycles. The molecule has 1 fully saturated rings. The summed E-state index contributed by atoms with van der Waals surface area (Å²) in [4.78, 5) is 13.0. The minimum Gasteiger partial charge on any atom is -0.382 e. The molecule has 0 bridgehead atoms.